The summed E-state index contributed by atoms with van der Waals surface area (Å²) >= 11 is 6.34. The number of nitrogens with zero attached hydrogens (tertiary/aromatic N) is 3. The molecule has 0 radical (unpaired) electrons. The van der Waals surface area contributed by atoms with Gasteiger partial charge >= 0.3 is 0 Å². The smallest absolute Gasteiger partial charge is 0.253 e. The van der Waals surface area contributed by atoms with E-state index in [0.29, 0.717) is 53.8 Å². The van der Waals surface area contributed by atoms with Crippen LogP contribution in [0.25, 0.3) is 10.9 Å². The third-order valence-corrected chi connectivity index (χ3v) is 5.95. The number of benzene rings is 1. The summed E-state index contributed by atoms with van der Waals surface area (Å²) in [6, 6.07) is 7.00. The summed E-state index contributed by atoms with van der Waals surface area (Å²) in [5.41, 5.74) is 2.88. The van der Waals surface area contributed by atoms with E-state index in [-0.39, 0.29) is 17.9 Å². The number of halogens is 1. The summed E-state index contributed by atoms with van der Waals surface area (Å²) < 4.78 is 5.21. The second-order valence-electron chi connectivity index (χ2n) is 7.61. The molecule has 1 aromatic carbocycles. The van der Waals surface area contributed by atoms with Crippen LogP contribution in [0.4, 0.5) is 0 Å². The Labute approximate surface area is 179 Å². The first-order valence-corrected chi connectivity index (χ1v) is 10.4. The van der Waals surface area contributed by atoms with Gasteiger partial charge in [0.05, 0.1) is 28.3 Å². The van der Waals surface area contributed by atoms with E-state index in [1.807, 2.05) is 24.8 Å². The Morgan fingerprint density at radius 1 is 1.30 bits per heavy atom. The number of likely N-dealkylation sites (tertiary alicyclic amines) is 1. The van der Waals surface area contributed by atoms with Gasteiger partial charge in [-0.3, -0.25) is 14.6 Å². The van der Waals surface area contributed by atoms with Crippen molar-refractivity contribution in [1.82, 2.24) is 20.4 Å². The van der Waals surface area contributed by atoms with E-state index in [9.17, 15) is 9.59 Å². The van der Waals surface area contributed by atoms with Crippen molar-refractivity contribution in [3.8, 4) is 0 Å². The molecule has 0 bridgehead atoms. The predicted molar refractivity (Wildman–Crippen MR) is 113 cm³/mol. The predicted octanol–water partition coefficient (Wildman–Crippen LogP) is 3.80. The number of amides is 2. The maximum Gasteiger partial charge on any atom is 0.253 e. The first-order valence-electron chi connectivity index (χ1n) is 9.97. The van der Waals surface area contributed by atoms with Crippen molar-refractivity contribution in [2.24, 2.45) is 0 Å². The van der Waals surface area contributed by atoms with Crippen LogP contribution in [0.15, 0.2) is 35.0 Å². The molecular weight excluding hydrogens is 404 g/mol. The molecule has 3 aromatic rings. The van der Waals surface area contributed by atoms with Crippen LogP contribution < -0.4 is 5.32 Å². The third kappa shape index (κ3) is 4.03. The molecule has 1 unspecified atom stereocenters. The minimum atomic E-state index is -0.241. The molecular formula is C22H23ClN4O3. The normalized spacial score (nSPS) is 17.2. The highest BCUT2D eigenvalue weighted by molar-refractivity contribution is 6.35. The molecule has 0 spiro atoms. The van der Waals surface area contributed by atoms with Crippen LogP contribution >= 0.6 is 11.6 Å². The molecule has 1 N–H and O–H groups in total. The summed E-state index contributed by atoms with van der Waals surface area (Å²) in [4.78, 5) is 31.8. The number of aromatic nitrogens is 2. The number of hydrogen-bond donors (Lipinski definition) is 1. The molecule has 1 atom stereocenters. The molecule has 7 nitrogen and oxygen atoms in total. The lowest BCUT2D eigenvalue weighted by molar-refractivity contribution is -0.131. The highest BCUT2D eigenvalue weighted by Crippen LogP contribution is 2.26. The highest BCUT2D eigenvalue weighted by atomic mass is 35.5. The number of rotatable bonds is 4. The first kappa shape index (κ1) is 20.3. The molecule has 1 aliphatic rings. The van der Waals surface area contributed by atoms with Crippen LogP contribution in [0.2, 0.25) is 5.02 Å². The average molecular weight is 427 g/mol. The molecule has 2 amide bonds. The highest BCUT2D eigenvalue weighted by Gasteiger charge is 2.26. The van der Waals surface area contributed by atoms with E-state index >= 15 is 0 Å². The first-order chi connectivity index (χ1) is 14.4. The van der Waals surface area contributed by atoms with Gasteiger partial charge in [-0.1, -0.05) is 22.8 Å². The Kier molecular flexibility index (Phi) is 5.72. The Morgan fingerprint density at radius 2 is 2.13 bits per heavy atom. The van der Waals surface area contributed by atoms with Gasteiger partial charge in [-0.15, -0.1) is 0 Å². The number of pyridine rings is 1. The Morgan fingerprint density at radius 3 is 2.90 bits per heavy atom. The van der Waals surface area contributed by atoms with Gasteiger partial charge in [0, 0.05) is 36.2 Å². The fraction of sp³-hybridized carbons (Fsp3) is 0.364. The topological polar surface area (TPSA) is 88.3 Å². The molecule has 30 heavy (non-hydrogen) atoms. The van der Waals surface area contributed by atoms with Crippen LogP contribution in [0.1, 0.15) is 46.6 Å². The standard InChI is InChI=1S/C22H23ClN4O3/c1-13-17(14(2)30-26-13)12-27-11-9-15(5-8-20(27)28)25-22(29)21-16-4-3-10-24-19(16)7-6-18(21)23/h3-4,6-7,10,15H,5,8-9,11-12H2,1-2H3,(H,25,29). The van der Waals surface area contributed by atoms with Gasteiger partial charge in [0.2, 0.25) is 5.91 Å². The lowest BCUT2D eigenvalue weighted by Gasteiger charge is -2.21. The van der Waals surface area contributed by atoms with Crippen LogP contribution in [-0.4, -0.2) is 39.4 Å². The van der Waals surface area contributed by atoms with E-state index in [1.54, 1.807) is 24.4 Å². The molecule has 4 rings (SSSR count). The van der Waals surface area contributed by atoms with Gasteiger partial charge < -0.3 is 14.7 Å². The van der Waals surface area contributed by atoms with Crippen molar-refractivity contribution in [1.29, 1.82) is 0 Å². The zero-order valence-electron chi connectivity index (χ0n) is 16.9. The van der Waals surface area contributed by atoms with Crippen molar-refractivity contribution in [2.45, 2.75) is 45.7 Å². The molecule has 1 saturated heterocycles. The number of aryl methyl sites for hydroxylation is 2. The number of carbonyl (C=O) groups excluding carboxylic acids is 2. The summed E-state index contributed by atoms with van der Waals surface area (Å²) in [5, 5.41) is 8.14. The SMILES string of the molecule is Cc1noc(C)c1CN1CCC(NC(=O)c2c(Cl)ccc3ncccc23)CCC1=O. The Bertz CT molecular complexity index is 1090. The zero-order valence-corrected chi connectivity index (χ0v) is 17.7. The molecule has 0 aliphatic carbocycles. The maximum atomic E-state index is 13.0. The van der Waals surface area contributed by atoms with E-state index in [0.717, 1.165) is 17.0 Å². The second-order valence-corrected chi connectivity index (χ2v) is 8.02. The summed E-state index contributed by atoms with van der Waals surface area (Å²) in [6.07, 6.45) is 3.31. The van der Waals surface area contributed by atoms with Gasteiger partial charge in [-0.25, -0.2) is 0 Å². The molecule has 2 aromatic heterocycles. The summed E-state index contributed by atoms with van der Waals surface area (Å²) in [5.74, 6) is 0.558. The van der Waals surface area contributed by atoms with Gasteiger partial charge in [0.25, 0.3) is 5.91 Å². The van der Waals surface area contributed by atoms with Crippen molar-refractivity contribution in [3.63, 3.8) is 0 Å². The molecule has 156 valence electrons. The lowest BCUT2D eigenvalue weighted by Crippen LogP contribution is -2.36. The Balaban J connectivity index is 1.47. The number of nitrogens with one attached hydrogen (secondary N) is 1. The van der Waals surface area contributed by atoms with Crippen molar-refractivity contribution < 1.29 is 14.1 Å². The van der Waals surface area contributed by atoms with Crippen molar-refractivity contribution in [3.05, 3.63) is 58.1 Å². The van der Waals surface area contributed by atoms with Crippen molar-refractivity contribution >= 4 is 34.3 Å². The second kappa shape index (κ2) is 8.44. The van der Waals surface area contributed by atoms with Crippen LogP contribution in [0.5, 0.6) is 0 Å². The summed E-state index contributed by atoms with van der Waals surface area (Å²) in [6.45, 7) is 4.75. The molecule has 1 aliphatic heterocycles. The molecule has 1 fully saturated rings. The van der Waals surface area contributed by atoms with E-state index in [2.05, 4.69) is 15.5 Å². The van der Waals surface area contributed by atoms with Gasteiger partial charge in [0.1, 0.15) is 5.76 Å². The molecule has 8 heteroatoms. The van der Waals surface area contributed by atoms with Crippen LogP contribution in [0.3, 0.4) is 0 Å². The largest absolute Gasteiger partial charge is 0.361 e. The van der Waals surface area contributed by atoms with Crippen LogP contribution in [0, 0.1) is 13.8 Å². The average Bonchev–Trinajstić information content (AvgIpc) is 2.94. The van der Waals surface area contributed by atoms with E-state index in [4.69, 9.17) is 16.1 Å². The molecule has 3 heterocycles. The summed E-state index contributed by atoms with van der Waals surface area (Å²) in [7, 11) is 0. The van der Waals surface area contributed by atoms with Gasteiger partial charge in [-0.2, -0.15) is 0 Å². The number of carbonyl (C=O) groups is 2. The third-order valence-electron chi connectivity index (χ3n) is 5.63. The number of fused-ring (bicyclic) bond motifs is 1. The van der Waals surface area contributed by atoms with Gasteiger partial charge in [0.15, 0.2) is 0 Å². The van der Waals surface area contributed by atoms with Crippen LogP contribution in [-0.2, 0) is 11.3 Å². The lowest BCUT2D eigenvalue weighted by atomic mass is 10.1. The van der Waals surface area contributed by atoms with E-state index in [1.165, 1.54) is 0 Å². The Hall–Kier alpha value is -2.93. The zero-order chi connectivity index (χ0) is 21.3. The number of hydrogen-bond acceptors (Lipinski definition) is 5. The van der Waals surface area contributed by atoms with Crippen molar-refractivity contribution in [2.75, 3.05) is 6.54 Å². The maximum absolute atomic E-state index is 13.0. The quantitative estimate of drug-likeness (QED) is 0.685. The monoisotopic (exact) mass is 426 g/mol. The van der Waals surface area contributed by atoms with E-state index < -0.39 is 0 Å². The minimum Gasteiger partial charge on any atom is -0.361 e. The fourth-order valence-corrected chi connectivity index (χ4v) is 4.13. The minimum absolute atomic E-state index is 0.0687. The van der Waals surface area contributed by atoms with Gasteiger partial charge in [-0.05, 0) is 44.9 Å². The molecule has 0 saturated carbocycles. The fourth-order valence-electron chi connectivity index (χ4n) is 3.88.